The molecule has 0 aromatic carbocycles. The van der Waals surface area contributed by atoms with Crippen molar-refractivity contribution < 1.29 is 27.9 Å². The summed E-state index contributed by atoms with van der Waals surface area (Å²) in [5, 5.41) is 10.6. The minimum absolute atomic E-state index is 0.0459. The number of amides is 1. The average molecular weight is 277 g/mol. The van der Waals surface area contributed by atoms with Crippen molar-refractivity contribution in [3.05, 3.63) is 23.3 Å². The summed E-state index contributed by atoms with van der Waals surface area (Å²) in [5.41, 5.74) is -0.580. The molecule has 9 heteroatoms. The van der Waals surface area contributed by atoms with E-state index in [1.54, 1.807) is 0 Å². The summed E-state index contributed by atoms with van der Waals surface area (Å²) in [6, 6.07) is -0.198. The van der Waals surface area contributed by atoms with Crippen LogP contribution in [0.15, 0.2) is 6.07 Å². The summed E-state index contributed by atoms with van der Waals surface area (Å²) in [5.74, 6) is -3.76. The molecular weight excluding hydrogens is 267 g/mol. The second-order valence-corrected chi connectivity index (χ2v) is 3.75. The van der Waals surface area contributed by atoms with Crippen LogP contribution in [0.1, 0.15) is 28.9 Å². The molecule has 1 rings (SSSR count). The first-order chi connectivity index (χ1) is 8.61. The fourth-order valence-electron chi connectivity index (χ4n) is 1.14. The normalized spacial score (nSPS) is 12.9. The van der Waals surface area contributed by atoms with Crippen molar-refractivity contribution in [2.75, 3.05) is 0 Å². The predicted octanol–water partition coefficient (Wildman–Crippen LogP) is 1.01. The Bertz CT molecular complexity index is 516. The Labute approximate surface area is 105 Å². The number of hydrogen-bond donors (Lipinski definition) is 2. The van der Waals surface area contributed by atoms with Gasteiger partial charge in [0.2, 0.25) is 5.82 Å². The van der Waals surface area contributed by atoms with E-state index in [0.717, 1.165) is 6.07 Å². The van der Waals surface area contributed by atoms with Gasteiger partial charge in [0.25, 0.3) is 5.91 Å². The number of rotatable bonds is 3. The van der Waals surface area contributed by atoms with E-state index in [2.05, 4.69) is 9.97 Å². The molecule has 0 saturated carbocycles. The van der Waals surface area contributed by atoms with Crippen molar-refractivity contribution in [1.82, 2.24) is 15.3 Å². The largest absolute Gasteiger partial charge is 0.480 e. The Kier molecular flexibility index (Phi) is 4.07. The van der Waals surface area contributed by atoms with Crippen LogP contribution in [0, 0.1) is 6.92 Å². The van der Waals surface area contributed by atoms with E-state index in [-0.39, 0.29) is 5.69 Å². The van der Waals surface area contributed by atoms with E-state index in [9.17, 15) is 22.8 Å². The lowest BCUT2D eigenvalue weighted by atomic mass is 10.2. The van der Waals surface area contributed by atoms with Crippen molar-refractivity contribution >= 4 is 11.9 Å². The highest BCUT2D eigenvalue weighted by Gasteiger charge is 2.35. The minimum atomic E-state index is -4.78. The number of carbonyl (C=O) groups is 2. The molecule has 2 N–H and O–H groups in total. The number of alkyl halides is 3. The molecule has 1 atom stereocenters. The van der Waals surface area contributed by atoms with Gasteiger partial charge in [0, 0.05) is 5.69 Å². The van der Waals surface area contributed by atoms with Crippen molar-refractivity contribution in [1.29, 1.82) is 0 Å². The number of aromatic nitrogens is 2. The molecule has 0 aliphatic rings. The lowest BCUT2D eigenvalue weighted by Gasteiger charge is -2.11. The van der Waals surface area contributed by atoms with Crippen LogP contribution in [0.4, 0.5) is 13.2 Å². The Balaban J connectivity index is 3.04. The van der Waals surface area contributed by atoms with Gasteiger partial charge in [0.1, 0.15) is 11.7 Å². The van der Waals surface area contributed by atoms with Crippen LogP contribution in [-0.2, 0) is 11.0 Å². The molecule has 19 heavy (non-hydrogen) atoms. The summed E-state index contributed by atoms with van der Waals surface area (Å²) in [6.45, 7) is 2.45. The molecule has 6 nitrogen and oxygen atoms in total. The van der Waals surface area contributed by atoms with Gasteiger partial charge in [-0.2, -0.15) is 13.2 Å². The van der Waals surface area contributed by atoms with Crippen molar-refractivity contribution in [2.45, 2.75) is 26.1 Å². The zero-order valence-corrected chi connectivity index (χ0v) is 9.95. The van der Waals surface area contributed by atoms with Gasteiger partial charge in [-0.25, -0.2) is 9.97 Å². The van der Waals surface area contributed by atoms with Crippen LogP contribution in [0.5, 0.6) is 0 Å². The number of carbonyl (C=O) groups excluding carboxylic acids is 1. The molecule has 0 bridgehead atoms. The first-order valence-corrected chi connectivity index (χ1v) is 5.08. The predicted molar refractivity (Wildman–Crippen MR) is 56.3 cm³/mol. The molecule has 1 aromatic heterocycles. The quantitative estimate of drug-likeness (QED) is 0.860. The Morgan fingerprint density at radius 1 is 1.37 bits per heavy atom. The number of aliphatic carboxylic acids is 1. The van der Waals surface area contributed by atoms with Crippen molar-refractivity contribution in [2.24, 2.45) is 0 Å². The highest BCUT2D eigenvalue weighted by atomic mass is 19.4. The van der Waals surface area contributed by atoms with Crippen LogP contribution in [-0.4, -0.2) is 33.0 Å². The van der Waals surface area contributed by atoms with Crippen LogP contribution < -0.4 is 5.32 Å². The van der Waals surface area contributed by atoms with E-state index in [4.69, 9.17) is 5.11 Å². The maximum Gasteiger partial charge on any atom is 0.451 e. The van der Waals surface area contributed by atoms with Crippen LogP contribution in [0.2, 0.25) is 0 Å². The fraction of sp³-hybridized carbons (Fsp3) is 0.400. The summed E-state index contributed by atoms with van der Waals surface area (Å²) in [7, 11) is 0. The third-order valence-electron chi connectivity index (χ3n) is 2.06. The zero-order chi connectivity index (χ0) is 14.8. The van der Waals surface area contributed by atoms with Gasteiger partial charge in [0.05, 0.1) is 0 Å². The minimum Gasteiger partial charge on any atom is -0.480 e. The van der Waals surface area contributed by atoms with E-state index < -0.39 is 35.6 Å². The molecule has 1 heterocycles. The number of carboxylic acids is 1. The monoisotopic (exact) mass is 277 g/mol. The smallest absolute Gasteiger partial charge is 0.451 e. The van der Waals surface area contributed by atoms with Gasteiger partial charge < -0.3 is 10.4 Å². The van der Waals surface area contributed by atoms with Crippen LogP contribution in [0.3, 0.4) is 0 Å². The number of nitrogens with zero attached hydrogens (tertiary/aromatic N) is 2. The number of hydrogen-bond acceptors (Lipinski definition) is 4. The molecule has 104 valence electrons. The molecule has 0 radical (unpaired) electrons. The number of halogens is 3. The first kappa shape index (κ1) is 14.9. The SMILES string of the molecule is Cc1cc(C(=O)NC(C)C(=O)O)nc(C(F)(F)F)n1. The third-order valence-corrected chi connectivity index (χ3v) is 2.06. The molecule has 0 fully saturated rings. The molecule has 1 aromatic rings. The van der Waals surface area contributed by atoms with Gasteiger partial charge in [-0.05, 0) is 19.9 Å². The molecule has 0 aliphatic carbocycles. The molecule has 1 unspecified atom stereocenters. The summed E-state index contributed by atoms with van der Waals surface area (Å²) >= 11 is 0. The maximum absolute atomic E-state index is 12.5. The number of aryl methyl sites for hydroxylation is 1. The van der Waals surface area contributed by atoms with E-state index >= 15 is 0 Å². The first-order valence-electron chi connectivity index (χ1n) is 5.08. The van der Waals surface area contributed by atoms with Crippen LogP contribution in [0.25, 0.3) is 0 Å². The highest BCUT2D eigenvalue weighted by molar-refractivity contribution is 5.94. The Morgan fingerprint density at radius 3 is 2.42 bits per heavy atom. The Hall–Kier alpha value is -2.19. The molecule has 0 aliphatic heterocycles. The third kappa shape index (κ3) is 3.90. The maximum atomic E-state index is 12.5. The number of carboxylic acid groups (broad SMARTS) is 1. The summed E-state index contributed by atoms with van der Waals surface area (Å²) in [4.78, 5) is 28.3. The van der Waals surface area contributed by atoms with Gasteiger partial charge in [0.15, 0.2) is 0 Å². The lowest BCUT2D eigenvalue weighted by Crippen LogP contribution is -2.39. The van der Waals surface area contributed by atoms with E-state index in [1.807, 2.05) is 5.32 Å². The average Bonchev–Trinajstić information content (AvgIpc) is 2.26. The van der Waals surface area contributed by atoms with Crippen molar-refractivity contribution in [3.8, 4) is 0 Å². The van der Waals surface area contributed by atoms with Crippen molar-refractivity contribution in [3.63, 3.8) is 0 Å². The van der Waals surface area contributed by atoms with E-state index in [1.165, 1.54) is 13.8 Å². The molecule has 0 saturated heterocycles. The lowest BCUT2D eigenvalue weighted by molar-refractivity contribution is -0.145. The summed E-state index contributed by atoms with van der Waals surface area (Å²) in [6.07, 6.45) is -4.78. The highest BCUT2D eigenvalue weighted by Crippen LogP contribution is 2.26. The Morgan fingerprint density at radius 2 is 1.95 bits per heavy atom. The molecule has 1 amide bonds. The van der Waals surface area contributed by atoms with Gasteiger partial charge in [-0.1, -0.05) is 0 Å². The van der Waals surface area contributed by atoms with E-state index in [0.29, 0.717) is 0 Å². The topological polar surface area (TPSA) is 92.2 Å². The van der Waals surface area contributed by atoms with Gasteiger partial charge in [-0.15, -0.1) is 0 Å². The second kappa shape index (κ2) is 5.21. The molecule has 0 spiro atoms. The zero-order valence-electron chi connectivity index (χ0n) is 9.95. The second-order valence-electron chi connectivity index (χ2n) is 3.75. The molecular formula is C10H10F3N3O3. The summed E-state index contributed by atoms with van der Waals surface area (Å²) < 4.78 is 37.4. The fourth-order valence-corrected chi connectivity index (χ4v) is 1.14. The van der Waals surface area contributed by atoms with Gasteiger partial charge >= 0.3 is 12.1 Å². The van der Waals surface area contributed by atoms with Crippen LogP contribution >= 0.6 is 0 Å². The van der Waals surface area contributed by atoms with Gasteiger partial charge in [-0.3, -0.25) is 9.59 Å². The standard InChI is InChI=1S/C10H10F3N3O3/c1-4-3-6(7(17)15-5(2)8(18)19)16-9(14-4)10(11,12)13/h3,5H,1-2H3,(H,15,17)(H,18,19). The number of nitrogens with one attached hydrogen (secondary N) is 1.